The van der Waals surface area contributed by atoms with E-state index in [4.69, 9.17) is 0 Å². The molecule has 0 atom stereocenters. The van der Waals surface area contributed by atoms with Crippen LogP contribution >= 0.6 is 36.2 Å². The quantitative estimate of drug-likeness (QED) is 0.637. The molecule has 2 aliphatic heterocycles. The minimum atomic E-state index is 0. The standard InChI is InChI=1S/C18H31N5OS.2ClH/c1-15-21-17(14-25-15)13-23-9-3-16(4-10-23)18(24)20-5-2-8-22-11-6-19-7-12-22;;/h14,16,19H,2-13H2,1H3,(H,20,24);2*1H. The number of piperidine rings is 1. The Bertz CT molecular complexity index is 546. The summed E-state index contributed by atoms with van der Waals surface area (Å²) >= 11 is 1.71. The van der Waals surface area contributed by atoms with Crippen molar-refractivity contribution in [2.45, 2.75) is 32.7 Å². The molecule has 2 aliphatic rings. The van der Waals surface area contributed by atoms with Gasteiger partial charge in [0, 0.05) is 50.6 Å². The Labute approximate surface area is 179 Å². The summed E-state index contributed by atoms with van der Waals surface area (Å²) in [5.41, 5.74) is 1.17. The van der Waals surface area contributed by atoms with Crippen molar-refractivity contribution in [1.29, 1.82) is 0 Å². The molecule has 3 heterocycles. The molecule has 2 fully saturated rings. The molecule has 156 valence electrons. The van der Waals surface area contributed by atoms with Crippen LogP contribution in [0.4, 0.5) is 0 Å². The van der Waals surface area contributed by atoms with E-state index in [9.17, 15) is 4.79 Å². The summed E-state index contributed by atoms with van der Waals surface area (Å²) in [6.45, 7) is 11.3. The van der Waals surface area contributed by atoms with Crippen molar-refractivity contribution in [3.05, 3.63) is 16.1 Å². The molecule has 3 rings (SSSR count). The first-order chi connectivity index (χ1) is 12.2. The van der Waals surface area contributed by atoms with Crippen LogP contribution in [0.25, 0.3) is 0 Å². The first kappa shape index (κ1) is 24.6. The van der Waals surface area contributed by atoms with Crippen LogP contribution in [-0.4, -0.2) is 73.0 Å². The smallest absolute Gasteiger partial charge is 0.223 e. The molecule has 1 amide bonds. The number of likely N-dealkylation sites (tertiary alicyclic amines) is 1. The maximum absolute atomic E-state index is 12.4. The summed E-state index contributed by atoms with van der Waals surface area (Å²) in [4.78, 5) is 21.8. The molecule has 1 aromatic heterocycles. The Morgan fingerprint density at radius 2 is 1.93 bits per heavy atom. The Morgan fingerprint density at radius 3 is 2.56 bits per heavy atom. The van der Waals surface area contributed by atoms with Gasteiger partial charge in [0.05, 0.1) is 10.7 Å². The monoisotopic (exact) mass is 437 g/mol. The number of carbonyl (C=O) groups is 1. The molecule has 6 nitrogen and oxygen atoms in total. The molecule has 0 spiro atoms. The maximum atomic E-state index is 12.4. The van der Waals surface area contributed by atoms with E-state index in [2.05, 4.69) is 30.8 Å². The van der Waals surface area contributed by atoms with Gasteiger partial charge < -0.3 is 15.5 Å². The van der Waals surface area contributed by atoms with Gasteiger partial charge in [-0.05, 0) is 45.8 Å². The number of hydrogen-bond donors (Lipinski definition) is 2. The molecule has 2 saturated heterocycles. The van der Waals surface area contributed by atoms with Crippen LogP contribution < -0.4 is 10.6 Å². The summed E-state index contributed by atoms with van der Waals surface area (Å²) in [6, 6.07) is 0. The van der Waals surface area contributed by atoms with Crippen LogP contribution in [0.3, 0.4) is 0 Å². The molecular weight excluding hydrogens is 405 g/mol. The summed E-state index contributed by atoms with van der Waals surface area (Å²) < 4.78 is 0. The zero-order valence-corrected chi connectivity index (χ0v) is 18.6. The number of aryl methyl sites for hydroxylation is 1. The molecule has 2 N–H and O–H groups in total. The average molecular weight is 438 g/mol. The Hall–Kier alpha value is -0.440. The van der Waals surface area contributed by atoms with Crippen molar-refractivity contribution < 1.29 is 4.79 Å². The molecule has 0 bridgehead atoms. The summed E-state index contributed by atoms with van der Waals surface area (Å²) in [5, 5.41) is 9.79. The summed E-state index contributed by atoms with van der Waals surface area (Å²) in [7, 11) is 0. The van der Waals surface area contributed by atoms with Crippen molar-refractivity contribution in [2.24, 2.45) is 5.92 Å². The van der Waals surface area contributed by atoms with E-state index < -0.39 is 0 Å². The van der Waals surface area contributed by atoms with Crippen LogP contribution in [0.1, 0.15) is 30.0 Å². The van der Waals surface area contributed by atoms with Gasteiger partial charge in [0.1, 0.15) is 0 Å². The van der Waals surface area contributed by atoms with E-state index in [-0.39, 0.29) is 36.6 Å². The second-order valence-corrected chi connectivity index (χ2v) is 8.21. The third-order valence-electron chi connectivity index (χ3n) is 5.17. The third-order valence-corrected chi connectivity index (χ3v) is 5.99. The molecule has 0 aliphatic carbocycles. The molecular formula is C18H33Cl2N5OS. The van der Waals surface area contributed by atoms with Crippen molar-refractivity contribution in [3.63, 3.8) is 0 Å². The third kappa shape index (κ3) is 8.21. The van der Waals surface area contributed by atoms with Crippen molar-refractivity contribution in [1.82, 2.24) is 25.4 Å². The first-order valence-electron chi connectivity index (χ1n) is 9.55. The number of carbonyl (C=O) groups excluding carboxylic acids is 1. The fourth-order valence-corrected chi connectivity index (χ4v) is 4.26. The molecule has 0 unspecified atom stereocenters. The van der Waals surface area contributed by atoms with Gasteiger partial charge in [0.2, 0.25) is 5.91 Å². The lowest BCUT2D eigenvalue weighted by Gasteiger charge is -2.31. The number of nitrogens with one attached hydrogen (secondary N) is 2. The normalized spacial score (nSPS) is 19.1. The number of piperazine rings is 1. The van der Waals surface area contributed by atoms with E-state index in [1.54, 1.807) is 11.3 Å². The second kappa shape index (κ2) is 12.9. The van der Waals surface area contributed by atoms with Gasteiger partial charge >= 0.3 is 0 Å². The van der Waals surface area contributed by atoms with Crippen LogP contribution in [0.15, 0.2) is 5.38 Å². The zero-order valence-electron chi connectivity index (χ0n) is 16.1. The maximum Gasteiger partial charge on any atom is 0.223 e. The fourth-order valence-electron chi connectivity index (χ4n) is 3.66. The van der Waals surface area contributed by atoms with E-state index >= 15 is 0 Å². The van der Waals surface area contributed by atoms with Gasteiger partial charge in [-0.15, -0.1) is 36.2 Å². The number of nitrogens with zero attached hydrogens (tertiary/aromatic N) is 3. The predicted octanol–water partition coefficient (Wildman–Crippen LogP) is 1.92. The van der Waals surface area contributed by atoms with Gasteiger partial charge in [-0.3, -0.25) is 9.69 Å². The minimum absolute atomic E-state index is 0. The number of halogens is 2. The topological polar surface area (TPSA) is 60.5 Å². The van der Waals surface area contributed by atoms with E-state index in [1.165, 1.54) is 5.69 Å². The van der Waals surface area contributed by atoms with Crippen LogP contribution in [0, 0.1) is 12.8 Å². The molecule has 0 radical (unpaired) electrons. The zero-order chi connectivity index (χ0) is 17.5. The van der Waals surface area contributed by atoms with Gasteiger partial charge in [0.25, 0.3) is 0 Å². The van der Waals surface area contributed by atoms with Gasteiger partial charge in [-0.25, -0.2) is 4.98 Å². The highest BCUT2D eigenvalue weighted by atomic mass is 35.5. The molecule has 0 saturated carbocycles. The van der Waals surface area contributed by atoms with Crippen LogP contribution in [0.5, 0.6) is 0 Å². The van der Waals surface area contributed by atoms with Gasteiger partial charge in [-0.2, -0.15) is 0 Å². The summed E-state index contributed by atoms with van der Waals surface area (Å²) in [5.74, 6) is 0.442. The van der Waals surface area contributed by atoms with E-state index in [0.717, 1.165) is 83.2 Å². The lowest BCUT2D eigenvalue weighted by molar-refractivity contribution is -0.126. The average Bonchev–Trinajstić information content (AvgIpc) is 3.05. The predicted molar refractivity (Wildman–Crippen MR) is 116 cm³/mol. The summed E-state index contributed by atoms with van der Waals surface area (Å²) in [6.07, 6.45) is 2.98. The van der Waals surface area contributed by atoms with Gasteiger partial charge in [0.15, 0.2) is 0 Å². The molecule has 27 heavy (non-hydrogen) atoms. The highest BCUT2D eigenvalue weighted by Crippen LogP contribution is 2.20. The van der Waals surface area contributed by atoms with Crippen molar-refractivity contribution in [2.75, 3.05) is 52.4 Å². The lowest BCUT2D eigenvalue weighted by atomic mass is 9.96. The van der Waals surface area contributed by atoms with Gasteiger partial charge in [-0.1, -0.05) is 0 Å². The largest absolute Gasteiger partial charge is 0.356 e. The van der Waals surface area contributed by atoms with Crippen LogP contribution in [0.2, 0.25) is 0 Å². The van der Waals surface area contributed by atoms with Crippen molar-refractivity contribution in [3.8, 4) is 0 Å². The molecule has 0 aromatic carbocycles. The highest BCUT2D eigenvalue weighted by Gasteiger charge is 2.25. The van der Waals surface area contributed by atoms with E-state index in [1.807, 2.05) is 6.92 Å². The Kier molecular flexibility index (Phi) is 11.8. The highest BCUT2D eigenvalue weighted by molar-refractivity contribution is 7.09. The van der Waals surface area contributed by atoms with Crippen LogP contribution in [-0.2, 0) is 11.3 Å². The number of hydrogen-bond acceptors (Lipinski definition) is 6. The fraction of sp³-hybridized carbons (Fsp3) is 0.778. The number of aromatic nitrogens is 1. The lowest BCUT2D eigenvalue weighted by Crippen LogP contribution is -2.44. The molecule has 1 aromatic rings. The molecule has 9 heteroatoms. The van der Waals surface area contributed by atoms with Crippen molar-refractivity contribution >= 4 is 42.1 Å². The number of thiazole rings is 1. The Balaban J connectivity index is 0.00000182. The minimum Gasteiger partial charge on any atom is -0.356 e. The first-order valence-corrected chi connectivity index (χ1v) is 10.4. The number of amides is 1. The number of rotatable bonds is 7. The Morgan fingerprint density at radius 1 is 1.22 bits per heavy atom. The van der Waals surface area contributed by atoms with E-state index in [0.29, 0.717) is 0 Å². The SMILES string of the molecule is Cc1nc(CN2CCC(C(=O)NCCCN3CCNCC3)CC2)cs1.Cl.Cl. The second-order valence-electron chi connectivity index (χ2n) is 7.14.